The lowest BCUT2D eigenvalue weighted by atomic mass is 9.44. The average molecular weight is 627 g/mol. The summed E-state index contributed by atoms with van der Waals surface area (Å²) in [7, 11) is -12.3. The molecule has 0 aliphatic heterocycles. The number of hydrogen-bond donors (Lipinski definition) is 2. The molecule has 4 aliphatic rings. The maximum Gasteiger partial charge on any atom is 0.422 e. The number of alkyl halides is 2. The molecule has 15 heteroatoms. The van der Waals surface area contributed by atoms with Gasteiger partial charge in [0.1, 0.15) is 17.3 Å². The fourth-order valence-electron chi connectivity index (χ4n) is 8.54. The lowest BCUT2D eigenvalue weighted by Crippen LogP contribution is -2.60. The van der Waals surface area contributed by atoms with Crippen LogP contribution in [-0.4, -0.2) is 60.0 Å². The Hall–Kier alpha value is -1.84. The normalized spacial score (nSPS) is 37.5. The van der Waals surface area contributed by atoms with E-state index in [2.05, 4.69) is 11.7 Å². The number of hydrogen-bond acceptors (Lipinski definition) is 9. The van der Waals surface area contributed by atoms with Gasteiger partial charge in [-0.2, -0.15) is 25.6 Å². The summed E-state index contributed by atoms with van der Waals surface area (Å²) < 4.78 is 94.4. The molecular formula is C26H36F2O11S2. The molecule has 232 valence electrons. The molecule has 41 heavy (non-hydrogen) atoms. The van der Waals surface area contributed by atoms with Gasteiger partial charge >= 0.3 is 36.9 Å². The van der Waals surface area contributed by atoms with Crippen molar-refractivity contribution in [3.8, 4) is 0 Å². The van der Waals surface area contributed by atoms with Gasteiger partial charge in [0.15, 0.2) is 0 Å². The molecule has 9 unspecified atom stereocenters. The molecule has 4 saturated carbocycles. The highest BCUT2D eigenvalue weighted by Gasteiger charge is 2.66. The smallest absolute Gasteiger partial charge is 0.422 e. The molecule has 0 amide bonds. The van der Waals surface area contributed by atoms with Crippen LogP contribution in [0, 0.1) is 46.3 Å². The first-order chi connectivity index (χ1) is 18.7. The molecule has 0 aromatic rings. The predicted octanol–water partition coefficient (Wildman–Crippen LogP) is 3.23. The third-order valence-corrected chi connectivity index (χ3v) is 12.8. The van der Waals surface area contributed by atoms with Crippen molar-refractivity contribution in [1.82, 2.24) is 0 Å². The number of ether oxygens (including phenoxy) is 1. The van der Waals surface area contributed by atoms with Crippen LogP contribution in [0.5, 0.6) is 0 Å². The number of rotatable bonds is 8. The molecule has 0 heterocycles. The van der Waals surface area contributed by atoms with E-state index in [1.54, 1.807) is 6.92 Å². The van der Waals surface area contributed by atoms with E-state index in [4.69, 9.17) is 9.11 Å². The summed E-state index contributed by atoms with van der Waals surface area (Å²) in [5, 5.41) is -5.52. The first kappa shape index (κ1) is 32.1. The molecule has 0 spiro atoms. The van der Waals surface area contributed by atoms with E-state index in [9.17, 15) is 44.8 Å². The number of halogens is 2. The van der Waals surface area contributed by atoms with Crippen molar-refractivity contribution in [3.63, 3.8) is 0 Å². The molecule has 4 fully saturated rings. The van der Waals surface area contributed by atoms with Crippen LogP contribution in [0.2, 0.25) is 0 Å². The van der Waals surface area contributed by atoms with Crippen LogP contribution in [-0.2, 0) is 44.2 Å². The number of esters is 1. The molecule has 0 aromatic carbocycles. The van der Waals surface area contributed by atoms with Gasteiger partial charge in [0, 0.05) is 43.4 Å². The van der Waals surface area contributed by atoms with Crippen molar-refractivity contribution < 1.29 is 58.6 Å². The van der Waals surface area contributed by atoms with Crippen LogP contribution in [0.1, 0.15) is 78.6 Å². The van der Waals surface area contributed by atoms with Gasteiger partial charge in [-0.05, 0) is 60.7 Å². The Bertz CT molecular complexity index is 1360. The summed E-state index contributed by atoms with van der Waals surface area (Å²) in [6, 6.07) is 0. The Labute approximate surface area is 237 Å². The van der Waals surface area contributed by atoms with Gasteiger partial charge in [-0.1, -0.05) is 20.8 Å². The van der Waals surface area contributed by atoms with Crippen LogP contribution in [0.3, 0.4) is 0 Å². The molecule has 0 bridgehead atoms. The summed E-state index contributed by atoms with van der Waals surface area (Å²) in [4.78, 5) is 51.7. The number of fused-ring (bicyclic) bond motifs is 5. The summed E-state index contributed by atoms with van der Waals surface area (Å²) in [5.41, 5.74) is -5.04. The lowest BCUT2D eigenvalue weighted by molar-refractivity contribution is -0.166. The average Bonchev–Trinajstić information content (AvgIpc) is 3.19. The van der Waals surface area contributed by atoms with E-state index >= 15 is 0 Å². The molecule has 0 aromatic heterocycles. The third kappa shape index (κ3) is 5.29. The van der Waals surface area contributed by atoms with E-state index in [1.807, 2.05) is 6.92 Å². The van der Waals surface area contributed by atoms with Crippen molar-refractivity contribution in [2.75, 3.05) is 0 Å². The number of carbonyl (C=O) groups is 4. The zero-order chi connectivity index (χ0) is 30.9. The number of carbonyl (C=O) groups excluding carboxylic acids is 4. The molecule has 4 rings (SSSR count). The van der Waals surface area contributed by atoms with Gasteiger partial charge in [0.05, 0.1) is 0 Å². The second-order valence-corrected chi connectivity index (χ2v) is 15.8. The van der Waals surface area contributed by atoms with Gasteiger partial charge < -0.3 is 4.74 Å². The molecule has 0 saturated heterocycles. The summed E-state index contributed by atoms with van der Waals surface area (Å²) in [5.74, 6) is -2.77. The minimum atomic E-state index is -6.36. The topological polar surface area (TPSA) is 186 Å². The van der Waals surface area contributed by atoms with Gasteiger partial charge in [0.25, 0.3) is 0 Å². The highest BCUT2D eigenvalue weighted by Crippen LogP contribution is 2.66. The number of ketones is 3. The van der Waals surface area contributed by atoms with Crippen LogP contribution in [0.25, 0.3) is 0 Å². The van der Waals surface area contributed by atoms with E-state index in [1.165, 1.54) is 0 Å². The highest BCUT2D eigenvalue weighted by molar-refractivity contribution is 7.90. The number of Topliss-reactive ketones (excluding diaryl/α,β-unsaturated/α-hetero) is 3. The Morgan fingerprint density at radius 1 is 1.05 bits per heavy atom. The Morgan fingerprint density at radius 3 is 2.27 bits per heavy atom. The maximum absolute atomic E-state index is 14.0. The van der Waals surface area contributed by atoms with Gasteiger partial charge in [0.2, 0.25) is 0 Å². The second kappa shape index (κ2) is 10.4. The largest absolute Gasteiger partial charge is 0.435 e. The van der Waals surface area contributed by atoms with E-state index in [0.717, 1.165) is 0 Å². The maximum atomic E-state index is 14.0. The zero-order valence-corrected chi connectivity index (χ0v) is 24.7. The van der Waals surface area contributed by atoms with Gasteiger partial charge in [-0.15, -0.1) is 0 Å². The van der Waals surface area contributed by atoms with Crippen LogP contribution in [0.4, 0.5) is 8.78 Å². The molecule has 2 N–H and O–H groups in total. The molecule has 0 radical (unpaired) electrons. The van der Waals surface area contributed by atoms with Crippen molar-refractivity contribution in [1.29, 1.82) is 0 Å². The molecule has 9 atom stereocenters. The fourth-order valence-corrected chi connectivity index (χ4v) is 10.1. The van der Waals surface area contributed by atoms with Crippen molar-refractivity contribution >= 4 is 43.6 Å². The minimum absolute atomic E-state index is 0.00600. The lowest BCUT2D eigenvalue weighted by Gasteiger charge is -2.58. The predicted molar refractivity (Wildman–Crippen MR) is 137 cm³/mol. The highest BCUT2D eigenvalue weighted by atomic mass is 32.2. The minimum Gasteiger partial charge on any atom is -0.435 e. The summed E-state index contributed by atoms with van der Waals surface area (Å²) >= 11 is 0. The van der Waals surface area contributed by atoms with Crippen molar-refractivity contribution in [2.45, 2.75) is 89.2 Å². The molecule has 4 aliphatic carbocycles. The Balaban J connectivity index is 1.48. The van der Waals surface area contributed by atoms with E-state index in [0.29, 0.717) is 38.5 Å². The van der Waals surface area contributed by atoms with Crippen LogP contribution >= 0.6 is 0 Å². The van der Waals surface area contributed by atoms with Crippen LogP contribution < -0.4 is 0 Å². The van der Waals surface area contributed by atoms with Gasteiger partial charge in [-0.3, -0.25) is 28.3 Å². The molecule has 11 nitrogen and oxygen atoms in total. The summed E-state index contributed by atoms with van der Waals surface area (Å²) in [6.07, 6.45) is 2.42. The van der Waals surface area contributed by atoms with Crippen LogP contribution in [0.15, 0.2) is 0 Å². The van der Waals surface area contributed by atoms with Crippen molar-refractivity contribution in [2.24, 2.45) is 46.3 Å². The zero-order valence-electron chi connectivity index (χ0n) is 23.0. The Kier molecular flexibility index (Phi) is 8.14. The third-order valence-electron chi connectivity index (χ3n) is 10.8. The quantitative estimate of drug-likeness (QED) is 0.298. The van der Waals surface area contributed by atoms with Crippen molar-refractivity contribution in [3.05, 3.63) is 0 Å². The van der Waals surface area contributed by atoms with E-state index < -0.39 is 48.7 Å². The second-order valence-electron chi connectivity index (χ2n) is 12.8. The SMILES string of the molecule is CC(CCC(=O)OC(C(F)(F)S(=O)(=O)O)S(=O)(=O)O)C1CCC2C3C(=O)CC4CC(=O)CCC4(C)C3CC(=O)C12C. The van der Waals surface area contributed by atoms with Gasteiger partial charge in [-0.25, -0.2) is 0 Å². The first-order valence-corrected chi connectivity index (χ1v) is 16.7. The Morgan fingerprint density at radius 2 is 1.68 bits per heavy atom. The monoisotopic (exact) mass is 626 g/mol. The standard InChI is InChI=1S/C26H36F2O11S2/c1-13(4-7-21(32)39-23(40(33,34)35)26(27,28)41(36,37)38)16-5-6-17-22-18(12-20(31)25(16,17)3)24(2)9-8-15(29)10-14(24)11-19(22)30/h13-14,16-18,22-23H,4-12H2,1-3H3,(H,33,34,35)(H,36,37,38). The fraction of sp³-hybridized carbons (Fsp3) is 0.846. The van der Waals surface area contributed by atoms with E-state index in [-0.39, 0.29) is 71.1 Å². The molecular weight excluding hydrogens is 590 g/mol. The summed E-state index contributed by atoms with van der Waals surface area (Å²) in [6.45, 7) is 5.66. The first-order valence-electron chi connectivity index (χ1n) is 13.7.